The minimum absolute atomic E-state index is 0.913. The molecule has 4 fully saturated rings. The van der Waals surface area contributed by atoms with Crippen molar-refractivity contribution in [2.75, 3.05) is 92.6 Å². The van der Waals surface area contributed by atoms with Gasteiger partial charge in [0.25, 0.3) is 0 Å². The van der Waals surface area contributed by atoms with Gasteiger partial charge < -0.3 is 19.6 Å². The van der Waals surface area contributed by atoms with E-state index in [-0.39, 0.29) is 0 Å². The van der Waals surface area contributed by atoms with Crippen LogP contribution in [0.4, 0.5) is 0 Å². The smallest absolute Gasteiger partial charge is 0.0120 e. The van der Waals surface area contributed by atoms with Crippen LogP contribution in [-0.4, -0.2) is 123 Å². The maximum Gasteiger partial charge on any atom is 0.0120 e. The summed E-state index contributed by atoms with van der Waals surface area (Å²) >= 11 is 0. The third kappa shape index (κ3) is 7.91. The maximum atomic E-state index is 2.73. The summed E-state index contributed by atoms with van der Waals surface area (Å²) < 4.78 is 0. The van der Waals surface area contributed by atoms with Crippen molar-refractivity contribution in [1.29, 1.82) is 0 Å². The predicted molar refractivity (Wildman–Crippen MR) is 120 cm³/mol. The Kier molecular flexibility index (Phi) is 10.0. The van der Waals surface area contributed by atoms with Crippen molar-refractivity contribution in [2.45, 2.75) is 57.4 Å². The molecule has 0 saturated carbocycles. The summed E-state index contributed by atoms with van der Waals surface area (Å²) in [5, 5.41) is 0. The van der Waals surface area contributed by atoms with E-state index >= 15 is 0 Å². The molecule has 4 aliphatic rings. The number of likely N-dealkylation sites (tertiary alicyclic amines) is 3. The Morgan fingerprint density at radius 2 is 0.964 bits per heavy atom. The van der Waals surface area contributed by atoms with Gasteiger partial charge in [0.05, 0.1) is 0 Å². The first-order valence-corrected chi connectivity index (χ1v) is 12.3. The summed E-state index contributed by atoms with van der Waals surface area (Å²) in [4.78, 5) is 12.9. The van der Waals surface area contributed by atoms with Crippen molar-refractivity contribution in [1.82, 2.24) is 24.5 Å². The molecule has 28 heavy (non-hydrogen) atoms. The molecule has 0 unspecified atom stereocenters. The van der Waals surface area contributed by atoms with Crippen LogP contribution in [0.2, 0.25) is 0 Å². The highest BCUT2D eigenvalue weighted by molar-refractivity contribution is 4.80. The first kappa shape index (κ1) is 22.5. The van der Waals surface area contributed by atoms with Gasteiger partial charge in [-0.15, -0.1) is 0 Å². The number of likely N-dealkylation sites (N-methyl/N-ethyl adjacent to an activating group) is 1. The molecule has 0 aliphatic carbocycles. The normalized spacial score (nSPS) is 28.1. The SMILES string of the molecule is CN1CCC(N2CCCCC2)CC1.CN1CCN(CCN2CCCCC2)CC1. The minimum atomic E-state index is 0.913. The summed E-state index contributed by atoms with van der Waals surface area (Å²) in [6.07, 6.45) is 11.4. The summed E-state index contributed by atoms with van der Waals surface area (Å²) in [5.74, 6) is 0. The van der Waals surface area contributed by atoms with Crippen LogP contribution >= 0.6 is 0 Å². The molecule has 0 aromatic carbocycles. The van der Waals surface area contributed by atoms with Gasteiger partial charge in [-0.25, -0.2) is 0 Å². The Hall–Kier alpha value is -0.200. The van der Waals surface area contributed by atoms with Gasteiger partial charge in [-0.1, -0.05) is 12.8 Å². The van der Waals surface area contributed by atoms with Crippen LogP contribution in [0, 0.1) is 0 Å². The highest BCUT2D eigenvalue weighted by Crippen LogP contribution is 2.19. The summed E-state index contributed by atoms with van der Waals surface area (Å²) in [7, 11) is 4.47. The minimum Gasteiger partial charge on any atom is -0.306 e. The molecule has 0 aromatic heterocycles. The zero-order chi connectivity index (χ0) is 19.6. The van der Waals surface area contributed by atoms with E-state index < -0.39 is 0 Å². The van der Waals surface area contributed by atoms with Crippen molar-refractivity contribution in [3.63, 3.8) is 0 Å². The largest absolute Gasteiger partial charge is 0.306 e. The zero-order valence-electron chi connectivity index (χ0n) is 19.0. The molecule has 4 heterocycles. The fraction of sp³-hybridized carbons (Fsp3) is 1.00. The maximum absolute atomic E-state index is 2.73. The molecule has 4 aliphatic heterocycles. The number of piperidine rings is 3. The molecule has 4 saturated heterocycles. The van der Waals surface area contributed by atoms with Crippen LogP contribution in [0.3, 0.4) is 0 Å². The predicted octanol–water partition coefficient (Wildman–Crippen LogP) is 2.29. The second-order valence-corrected chi connectivity index (χ2v) is 9.68. The van der Waals surface area contributed by atoms with Crippen LogP contribution < -0.4 is 0 Å². The summed E-state index contributed by atoms with van der Waals surface area (Å²) in [6, 6.07) is 0.913. The van der Waals surface area contributed by atoms with E-state index in [0.717, 1.165) is 6.04 Å². The lowest BCUT2D eigenvalue weighted by Gasteiger charge is -2.39. The number of hydrogen-bond donors (Lipinski definition) is 0. The molecule has 0 aromatic rings. The average molecular weight is 394 g/mol. The zero-order valence-corrected chi connectivity index (χ0v) is 19.0. The van der Waals surface area contributed by atoms with E-state index in [1.807, 2.05) is 0 Å². The number of hydrogen-bond acceptors (Lipinski definition) is 5. The van der Waals surface area contributed by atoms with Crippen LogP contribution in [0.1, 0.15) is 51.4 Å². The van der Waals surface area contributed by atoms with Crippen LogP contribution in [0.5, 0.6) is 0 Å². The molecule has 0 spiro atoms. The first-order chi connectivity index (χ1) is 13.7. The fourth-order valence-electron chi connectivity index (χ4n) is 5.18. The van der Waals surface area contributed by atoms with Crippen molar-refractivity contribution in [3.05, 3.63) is 0 Å². The van der Waals surface area contributed by atoms with E-state index in [2.05, 4.69) is 38.6 Å². The van der Waals surface area contributed by atoms with Gasteiger partial charge in [0.15, 0.2) is 0 Å². The lowest BCUT2D eigenvalue weighted by molar-refractivity contribution is 0.103. The van der Waals surface area contributed by atoms with E-state index in [1.165, 1.54) is 130 Å². The second kappa shape index (κ2) is 12.5. The molecule has 164 valence electrons. The molecular weight excluding hydrogens is 346 g/mol. The van der Waals surface area contributed by atoms with E-state index in [1.54, 1.807) is 0 Å². The van der Waals surface area contributed by atoms with Crippen molar-refractivity contribution >= 4 is 0 Å². The van der Waals surface area contributed by atoms with Crippen LogP contribution in [0.25, 0.3) is 0 Å². The van der Waals surface area contributed by atoms with Crippen molar-refractivity contribution in [2.24, 2.45) is 0 Å². The molecule has 0 bridgehead atoms. The van der Waals surface area contributed by atoms with Gasteiger partial charge in [0.2, 0.25) is 0 Å². The first-order valence-electron chi connectivity index (χ1n) is 12.3. The molecular formula is C23H47N5. The summed E-state index contributed by atoms with van der Waals surface area (Å²) in [5.41, 5.74) is 0. The Labute approximate surface area is 175 Å². The van der Waals surface area contributed by atoms with Gasteiger partial charge >= 0.3 is 0 Å². The average Bonchev–Trinajstić information content (AvgIpc) is 2.76. The standard InChI is InChI=1S/C12H25N3.C11H22N2/c1-13-7-9-15(10-8-13)12-11-14-5-3-2-4-6-14;1-12-9-5-11(6-10-12)13-7-3-2-4-8-13/h2-12H2,1H3;11H,2-10H2,1H3. The van der Waals surface area contributed by atoms with Gasteiger partial charge in [-0.3, -0.25) is 4.90 Å². The molecule has 4 rings (SSSR count). The lowest BCUT2D eigenvalue weighted by Crippen LogP contribution is -2.47. The molecule has 0 atom stereocenters. The lowest BCUT2D eigenvalue weighted by atomic mass is 10.0. The molecule has 5 heteroatoms. The highest BCUT2D eigenvalue weighted by Gasteiger charge is 2.23. The molecule has 0 amide bonds. The van der Waals surface area contributed by atoms with Gasteiger partial charge in [-0.2, -0.15) is 0 Å². The second-order valence-electron chi connectivity index (χ2n) is 9.68. The highest BCUT2D eigenvalue weighted by atomic mass is 15.3. The Balaban J connectivity index is 0.000000162. The Morgan fingerprint density at radius 1 is 0.500 bits per heavy atom. The number of rotatable bonds is 4. The Bertz CT molecular complexity index is 390. The topological polar surface area (TPSA) is 16.2 Å². The third-order valence-corrected chi connectivity index (χ3v) is 7.37. The Morgan fingerprint density at radius 3 is 1.54 bits per heavy atom. The number of piperazine rings is 1. The van der Waals surface area contributed by atoms with Gasteiger partial charge in [0.1, 0.15) is 0 Å². The fourth-order valence-corrected chi connectivity index (χ4v) is 5.18. The van der Waals surface area contributed by atoms with Crippen LogP contribution in [0.15, 0.2) is 0 Å². The van der Waals surface area contributed by atoms with Crippen LogP contribution in [-0.2, 0) is 0 Å². The monoisotopic (exact) mass is 393 g/mol. The third-order valence-electron chi connectivity index (χ3n) is 7.37. The quantitative estimate of drug-likeness (QED) is 0.726. The van der Waals surface area contributed by atoms with E-state index in [9.17, 15) is 0 Å². The van der Waals surface area contributed by atoms with Crippen molar-refractivity contribution < 1.29 is 0 Å². The van der Waals surface area contributed by atoms with E-state index in [0.29, 0.717) is 0 Å². The summed E-state index contributed by atoms with van der Waals surface area (Å²) in [6.45, 7) is 15.7. The number of nitrogens with zero attached hydrogens (tertiary/aromatic N) is 5. The van der Waals surface area contributed by atoms with Gasteiger partial charge in [-0.05, 0) is 91.9 Å². The van der Waals surface area contributed by atoms with Gasteiger partial charge in [0, 0.05) is 45.3 Å². The molecule has 0 N–H and O–H groups in total. The van der Waals surface area contributed by atoms with E-state index in [4.69, 9.17) is 0 Å². The van der Waals surface area contributed by atoms with Crippen molar-refractivity contribution in [3.8, 4) is 0 Å². The molecule has 5 nitrogen and oxygen atoms in total. The molecule has 0 radical (unpaired) electrons.